The number of piperazine rings is 2. The summed E-state index contributed by atoms with van der Waals surface area (Å²) in [5.74, 6) is 1.04. The monoisotopic (exact) mass is 237 g/mol. The zero-order chi connectivity index (χ0) is 11.7. The van der Waals surface area contributed by atoms with Crippen LogP contribution in [0.5, 0.6) is 0 Å². The molecular formula is C13H23N3O. The predicted molar refractivity (Wildman–Crippen MR) is 66.7 cm³/mol. The van der Waals surface area contributed by atoms with Gasteiger partial charge < -0.3 is 10.6 Å². The lowest BCUT2D eigenvalue weighted by atomic mass is 9.82. The van der Waals surface area contributed by atoms with Gasteiger partial charge in [-0.25, -0.2) is 0 Å². The molecule has 0 aromatic rings. The van der Waals surface area contributed by atoms with Gasteiger partial charge in [0.05, 0.1) is 6.54 Å². The Bertz CT molecular complexity index is 288. The number of carbonyl (C=O) groups is 1. The smallest absolute Gasteiger partial charge is 0.234 e. The Kier molecular flexibility index (Phi) is 3.34. The Morgan fingerprint density at radius 2 is 1.94 bits per heavy atom. The molecule has 0 aromatic carbocycles. The fourth-order valence-electron chi connectivity index (χ4n) is 3.60. The largest absolute Gasteiger partial charge is 0.353 e. The van der Waals surface area contributed by atoms with Crippen LogP contribution in [0.25, 0.3) is 0 Å². The molecule has 17 heavy (non-hydrogen) atoms. The van der Waals surface area contributed by atoms with Crippen molar-refractivity contribution in [1.29, 1.82) is 0 Å². The van der Waals surface area contributed by atoms with Crippen LogP contribution in [-0.4, -0.2) is 49.1 Å². The lowest BCUT2D eigenvalue weighted by Gasteiger charge is -2.45. The molecule has 0 spiro atoms. The summed E-state index contributed by atoms with van der Waals surface area (Å²) in [7, 11) is 0. The molecule has 1 saturated carbocycles. The van der Waals surface area contributed by atoms with Crippen LogP contribution in [0.3, 0.4) is 0 Å². The third-order valence-corrected chi connectivity index (χ3v) is 4.66. The molecule has 1 amide bonds. The Labute approximate surface area is 103 Å². The van der Waals surface area contributed by atoms with E-state index in [9.17, 15) is 4.79 Å². The molecule has 1 aliphatic carbocycles. The van der Waals surface area contributed by atoms with E-state index in [0.29, 0.717) is 18.6 Å². The number of hydrogen-bond acceptors (Lipinski definition) is 3. The summed E-state index contributed by atoms with van der Waals surface area (Å²) in [6.45, 7) is 3.54. The minimum Gasteiger partial charge on any atom is -0.353 e. The van der Waals surface area contributed by atoms with Crippen LogP contribution in [0.4, 0.5) is 0 Å². The highest BCUT2D eigenvalue weighted by molar-refractivity contribution is 5.78. The minimum absolute atomic E-state index is 0.200. The molecule has 2 aliphatic heterocycles. The summed E-state index contributed by atoms with van der Waals surface area (Å²) in [4.78, 5) is 13.8. The Balaban J connectivity index is 1.59. The van der Waals surface area contributed by atoms with Crippen molar-refractivity contribution in [2.24, 2.45) is 5.92 Å². The number of carbonyl (C=O) groups excluding carboxylic acids is 1. The summed E-state index contributed by atoms with van der Waals surface area (Å²) in [6, 6.07) is 1.14. The zero-order valence-electron chi connectivity index (χ0n) is 10.5. The van der Waals surface area contributed by atoms with E-state index in [1.807, 2.05) is 0 Å². The quantitative estimate of drug-likeness (QED) is 0.691. The highest BCUT2D eigenvalue weighted by Crippen LogP contribution is 2.28. The number of hydrogen-bond donors (Lipinski definition) is 2. The molecule has 4 nitrogen and oxygen atoms in total. The van der Waals surface area contributed by atoms with Gasteiger partial charge >= 0.3 is 0 Å². The van der Waals surface area contributed by atoms with E-state index in [1.165, 1.54) is 32.1 Å². The standard InChI is InChI=1S/C13H23N3O/c17-13-9-16-8-12(10-4-2-1-3-5-10)14-6-11(16)7-15-13/h10-12,14H,1-9H2,(H,15,17). The molecule has 96 valence electrons. The van der Waals surface area contributed by atoms with Crippen molar-refractivity contribution < 1.29 is 4.79 Å². The number of nitrogens with zero attached hydrogens (tertiary/aromatic N) is 1. The van der Waals surface area contributed by atoms with E-state index in [0.717, 1.165) is 25.6 Å². The highest BCUT2D eigenvalue weighted by Gasteiger charge is 2.35. The molecule has 2 N–H and O–H groups in total. The molecule has 2 unspecified atom stereocenters. The van der Waals surface area contributed by atoms with Gasteiger partial charge in [-0.1, -0.05) is 19.3 Å². The van der Waals surface area contributed by atoms with Gasteiger partial charge in [0.15, 0.2) is 0 Å². The molecule has 0 aromatic heterocycles. The van der Waals surface area contributed by atoms with E-state index in [-0.39, 0.29) is 5.91 Å². The lowest BCUT2D eigenvalue weighted by Crippen LogP contribution is -2.66. The SMILES string of the molecule is O=C1CN2CC(C3CCCCC3)NCC2CN1. The van der Waals surface area contributed by atoms with Crippen molar-refractivity contribution in [3.63, 3.8) is 0 Å². The second-order valence-electron chi connectivity index (χ2n) is 5.80. The van der Waals surface area contributed by atoms with Crippen molar-refractivity contribution in [2.75, 3.05) is 26.2 Å². The molecule has 3 fully saturated rings. The topological polar surface area (TPSA) is 44.4 Å². The molecule has 2 atom stereocenters. The third kappa shape index (κ3) is 2.47. The van der Waals surface area contributed by atoms with Crippen molar-refractivity contribution in [3.8, 4) is 0 Å². The minimum atomic E-state index is 0.200. The third-order valence-electron chi connectivity index (χ3n) is 4.66. The number of rotatable bonds is 1. The second kappa shape index (κ2) is 4.94. The maximum atomic E-state index is 11.4. The van der Waals surface area contributed by atoms with Crippen LogP contribution in [-0.2, 0) is 4.79 Å². The summed E-state index contributed by atoms with van der Waals surface area (Å²) >= 11 is 0. The first-order valence-corrected chi connectivity index (χ1v) is 7.07. The summed E-state index contributed by atoms with van der Waals surface area (Å²) in [6.07, 6.45) is 6.96. The van der Waals surface area contributed by atoms with Crippen LogP contribution in [0.15, 0.2) is 0 Å². The van der Waals surface area contributed by atoms with E-state index in [2.05, 4.69) is 15.5 Å². The first kappa shape index (κ1) is 11.5. The fourth-order valence-corrected chi connectivity index (χ4v) is 3.60. The van der Waals surface area contributed by atoms with Crippen LogP contribution in [0, 0.1) is 5.92 Å². The van der Waals surface area contributed by atoms with E-state index in [4.69, 9.17) is 0 Å². The first-order valence-electron chi connectivity index (χ1n) is 7.07. The number of fused-ring (bicyclic) bond motifs is 1. The summed E-state index contributed by atoms with van der Waals surface area (Å²) < 4.78 is 0. The first-order chi connectivity index (χ1) is 8.33. The average molecular weight is 237 g/mol. The molecule has 3 aliphatic rings. The van der Waals surface area contributed by atoms with Crippen LogP contribution in [0.2, 0.25) is 0 Å². The van der Waals surface area contributed by atoms with E-state index in [1.54, 1.807) is 0 Å². The maximum absolute atomic E-state index is 11.4. The second-order valence-corrected chi connectivity index (χ2v) is 5.80. The molecule has 0 radical (unpaired) electrons. The van der Waals surface area contributed by atoms with Gasteiger partial charge in [0.25, 0.3) is 0 Å². The number of amides is 1. The highest BCUT2D eigenvalue weighted by atomic mass is 16.2. The lowest BCUT2D eigenvalue weighted by molar-refractivity contribution is -0.126. The normalized spacial score (nSPS) is 36.4. The van der Waals surface area contributed by atoms with E-state index < -0.39 is 0 Å². The fraction of sp³-hybridized carbons (Fsp3) is 0.923. The van der Waals surface area contributed by atoms with E-state index >= 15 is 0 Å². The van der Waals surface area contributed by atoms with Gasteiger partial charge in [0, 0.05) is 31.7 Å². The molecule has 2 saturated heterocycles. The Morgan fingerprint density at radius 1 is 1.12 bits per heavy atom. The summed E-state index contributed by atoms with van der Waals surface area (Å²) in [5, 5.41) is 6.66. The molecular weight excluding hydrogens is 214 g/mol. The molecule has 3 rings (SSSR count). The number of nitrogens with one attached hydrogen (secondary N) is 2. The van der Waals surface area contributed by atoms with Crippen molar-refractivity contribution in [1.82, 2.24) is 15.5 Å². The maximum Gasteiger partial charge on any atom is 0.234 e. The average Bonchev–Trinajstić information content (AvgIpc) is 2.39. The Hall–Kier alpha value is -0.610. The summed E-state index contributed by atoms with van der Waals surface area (Å²) in [5.41, 5.74) is 0. The van der Waals surface area contributed by atoms with Crippen LogP contribution >= 0.6 is 0 Å². The van der Waals surface area contributed by atoms with Gasteiger partial charge in [0.2, 0.25) is 5.91 Å². The molecule has 0 bridgehead atoms. The van der Waals surface area contributed by atoms with Crippen molar-refractivity contribution in [3.05, 3.63) is 0 Å². The van der Waals surface area contributed by atoms with Crippen molar-refractivity contribution in [2.45, 2.75) is 44.2 Å². The zero-order valence-corrected chi connectivity index (χ0v) is 10.5. The van der Waals surface area contributed by atoms with Gasteiger partial charge in [-0.2, -0.15) is 0 Å². The Morgan fingerprint density at radius 3 is 2.76 bits per heavy atom. The van der Waals surface area contributed by atoms with Crippen LogP contribution in [0.1, 0.15) is 32.1 Å². The van der Waals surface area contributed by atoms with Gasteiger partial charge in [0.1, 0.15) is 0 Å². The van der Waals surface area contributed by atoms with Gasteiger partial charge in [-0.05, 0) is 18.8 Å². The predicted octanol–water partition coefficient (Wildman–Crippen LogP) is 0.339. The van der Waals surface area contributed by atoms with Crippen LogP contribution < -0.4 is 10.6 Å². The molecule has 4 heteroatoms. The van der Waals surface area contributed by atoms with Gasteiger partial charge in [-0.15, -0.1) is 0 Å². The van der Waals surface area contributed by atoms with Gasteiger partial charge in [-0.3, -0.25) is 9.69 Å². The molecule has 2 heterocycles. The van der Waals surface area contributed by atoms with Crippen molar-refractivity contribution >= 4 is 5.91 Å².